The van der Waals surface area contributed by atoms with Gasteiger partial charge >= 0.3 is 17.6 Å². The van der Waals surface area contributed by atoms with Crippen LogP contribution in [-0.4, -0.2) is 63.8 Å². The van der Waals surface area contributed by atoms with Gasteiger partial charge < -0.3 is 34.3 Å². The van der Waals surface area contributed by atoms with Gasteiger partial charge in [-0.05, 0) is 122 Å². The van der Waals surface area contributed by atoms with Crippen molar-refractivity contribution in [2.45, 2.75) is 51.4 Å². The third-order valence-corrected chi connectivity index (χ3v) is 16.8. The van der Waals surface area contributed by atoms with Crippen molar-refractivity contribution in [3.8, 4) is 43.4 Å². The van der Waals surface area contributed by atoms with Crippen LogP contribution < -0.4 is 21.0 Å². The highest BCUT2D eigenvalue weighted by Gasteiger charge is 2.33. The average Bonchev–Trinajstić information content (AvgIpc) is 4.04. The number of nitrogens with one attached hydrogen (secondary N) is 1. The van der Waals surface area contributed by atoms with Crippen molar-refractivity contribution in [3.63, 3.8) is 0 Å². The van der Waals surface area contributed by atoms with Crippen LogP contribution in [0.25, 0.3) is 85.8 Å². The molecule has 0 radical (unpaired) electrons. The molecule has 0 bridgehead atoms. The Hall–Kier alpha value is -7.98. The van der Waals surface area contributed by atoms with Crippen molar-refractivity contribution < 1.29 is 34.1 Å². The summed E-state index contributed by atoms with van der Waals surface area (Å²) in [6.07, 6.45) is 7.85. The molecule has 15 heteroatoms. The van der Waals surface area contributed by atoms with Crippen molar-refractivity contribution in [1.82, 2.24) is 9.97 Å². The Balaban J connectivity index is 0.000000147. The second-order valence-corrected chi connectivity index (χ2v) is 20.9. The molecule has 4 aromatic heterocycles. The molecule has 6 aromatic carbocycles. The van der Waals surface area contributed by atoms with Gasteiger partial charge in [-0.25, -0.2) is 24.4 Å². The number of para-hydroxylation sites is 2. The molecule has 0 saturated heterocycles. The van der Waals surface area contributed by atoms with E-state index in [9.17, 15) is 24.6 Å². The number of carboxylic acid groups (broad SMARTS) is 2. The lowest BCUT2D eigenvalue weighted by Gasteiger charge is -2.37. The smallest absolute Gasteiger partial charge is 0.347 e. The zero-order valence-corrected chi connectivity index (χ0v) is 41.1. The maximum atomic E-state index is 13.8. The van der Waals surface area contributed by atoms with E-state index in [1.54, 1.807) is 30.3 Å². The third-order valence-electron chi connectivity index (χ3n) is 14.7. The van der Waals surface area contributed by atoms with Crippen LogP contribution in [0, 0.1) is 5.41 Å². The number of thiazole rings is 2. The van der Waals surface area contributed by atoms with Gasteiger partial charge in [0.1, 0.15) is 26.7 Å². The van der Waals surface area contributed by atoms with Crippen LogP contribution in [0.2, 0.25) is 0 Å². The molecular formula is C58H47N5O8S2. The van der Waals surface area contributed by atoms with E-state index in [0.29, 0.717) is 49.0 Å². The van der Waals surface area contributed by atoms with E-state index in [2.05, 4.69) is 21.9 Å². The number of nitrogens with zero attached hydrogens (tertiary/aromatic N) is 4. The number of hydrogen-bond donors (Lipinski definition) is 3. The van der Waals surface area contributed by atoms with E-state index < -0.39 is 17.6 Å². The third kappa shape index (κ3) is 7.60. The Morgan fingerprint density at radius 2 is 0.973 bits per heavy atom. The van der Waals surface area contributed by atoms with E-state index in [1.165, 1.54) is 45.2 Å². The van der Waals surface area contributed by atoms with Gasteiger partial charge in [-0.15, -0.1) is 22.7 Å². The van der Waals surface area contributed by atoms with Gasteiger partial charge in [-0.3, -0.25) is 5.41 Å². The highest BCUT2D eigenvalue weighted by Crippen LogP contribution is 2.48. The standard InChI is InChI=1S/C29H23N3O3S.C29H22N2O4S.H2O/c30-27-24(28-31-21-11-3-4-12-22(21)36-28)23(17-8-1-2-9-18(17)29(33)34)20-15-16-7-5-13-32-14-6-10-19(25(16)32)26(20)35-27;32-28(33)18-9-2-1-8-17(18)23-20-15-16-7-5-13-31-14-6-10-19(25(16)31)26(20)35-29(34)24(23)27-30-21-11-3-4-12-22(21)36-27;/h1-4,8-9,11-12,15,30H,5-7,10,13-14H2,(H,33,34);1-4,8-9,11-12,15H,5-7,10,13-14H2,(H,32,33);1H2. The summed E-state index contributed by atoms with van der Waals surface area (Å²) < 4.78 is 14.4. The minimum absolute atomic E-state index is 0. The largest absolute Gasteiger partial charge is 0.478 e. The fourth-order valence-corrected chi connectivity index (χ4v) is 13.8. The highest BCUT2D eigenvalue weighted by molar-refractivity contribution is 7.22. The summed E-state index contributed by atoms with van der Waals surface area (Å²) in [5.41, 5.74) is 13.3. The van der Waals surface area contributed by atoms with E-state index in [0.717, 1.165) is 125 Å². The Morgan fingerprint density at radius 3 is 1.47 bits per heavy atom. The van der Waals surface area contributed by atoms with E-state index in [4.69, 9.17) is 24.2 Å². The molecule has 0 spiro atoms. The molecular weight excluding hydrogens is 959 g/mol. The van der Waals surface area contributed by atoms with E-state index >= 15 is 0 Å². The number of carboxylic acids is 2. The molecule has 0 fully saturated rings. The van der Waals surface area contributed by atoms with Crippen LogP contribution in [0.15, 0.2) is 123 Å². The lowest BCUT2D eigenvalue weighted by molar-refractivity contribution is 0.0687. The number of carbonyl (C=O) groups is 2. The van der Waals surface area contributed by atoms with E-state index in [-0.39, 0.29) is 22.2 Å². The highest BCUT2D eigenvalue weighted by atomic mass is 32.1. The number of hydrogen-bond acceptors (Lipinski definition) is 12. The Morgan fingerprint density at radius 1 is 0.548 bits per heavy atom. The number of aromatic nitrogens is 2. The summed E-state index contributed by atoms with van der Waals surface area (Å²) in [5.74, 6) is -2.03. The first kappa shape index (κ1) is 46.1. The van der Waals surface area contributed by atoms with Crippen LogP contribution in [0.1, 0.15) is 68.7 Å². The van der Waals surface area contributed by atoms with Gasteiger partial charge in [0.15, 0.2) is 0 Å². The fourth-order valence-electron chi connectivity index (χ4n) is 11.7. The van der Waals surface area contributed by atoms with Crippen molar-refractivity contribution in [3.05, 3.63) is 159 Å². The number of aromatic carboxylic acids is 2. The van der Waals surface area contributed by atoms with Gasteiger partial charge in [0.25, 0.3) is 0 Å². The number of aryl methyl sites for hydroxylation is 4. The summed E-state index contributed by atoms with van der Waals surface area (Å²) in [5, 5.41) is 32.1. The number of anilines is 2. The maximum Gasteiger partial charge on any atom is 0.347 e. The van der Waals surface area contributed by atoms with Crippen LogP contribution in [0.3, 0.4) is 0 Å². The molecule has 73 heavy (non-hydrogen) atoms. The molecule has 14 rings (SSSR count). The van der Waals surface area contributed by atoms with Gasteiger partial charge in [0.2, 0.25) is 5.55 Å². The zero-order chi connectivity index (χ0) is 48.8. The number of benzene rings is 6. The monoisotopic (exact) mass is 1010 g/mol. The van der Waals surface area contributed by atoms with Gasteiger partial charge in [0.05, 0.1) is 37.1 Å². The van der Waals surface area contributed by atoms with Crippen LogP contribution in [0.4, 0.5) is 11.4 Å². The molecule has 0 saturated carbocycles. The van der Waals surface area contributed by atoms with Crippen molar-refractivity contribution in [1.29, 1.82) is 5.41 Å². The zero-order valence-electron chi connectivity index (χ0n) is 39.4. The minimum atomic E-state index is -1.03. The molecule has 364 valence electrons. The summed E-state index contributed by atoms with van der Waals surface area (Å²) in [6, 6.07) is 33.9. The topological polar surface area (TPSA) is 206 Å². The first-order chi connectivity index (χ1) is 35.2. The Bertz CT molecular complexity index is 3730. The quantitative estimate of drug-likeness (QED) is 0.134. The molecule has 10 aromatic rings. The van der Waals surface area contributed by atoms with Crippen LogP contribution in [0.5, 0.6) is 0 Å². The molecule has 0 unspecified atom stereocenters. The molecule has 5 N–H and O–H groups in total. The first-order valence-corrected chi connectivity index (χ1v) is 26.1. The van der Waals surface area contributed by atoms with Crippen LogP contribution in [-0.2, 0) is 25.7 Å². The SMILES string of the molecule is N=c1oc2c3c4c(cc2c(-c2ccccc2C(=O)O)c1-c1nc2ccccc2s1)CCCN4CCC3.O.O=C(O)c1ccccc1-c1c(-c2nc3ccccc3s2)c(=O)oc2c3c4c(cc12)CCCN4CCC3. The summed E-state index contributed by atoms with van der Waals surface area (Å²) in [7, 11) is 0. The molecule has 13 nitrogen and oxygen atoms in total. The second kappa shape index (κ2) is 18.3. The van der Waals surface area contributed by atoms with Crippen molar-refractivity contribution in [2.75, 3.05) is 36.0 Å². The van der Waals surface area contributed by atoms with Crippen molar-refractivity contribution in [2.24, 2.45) is 0 Å². The van der Waals surface area contributed by atoms with E-state index in [1.807, 2.05) is 66.7 Å². The van der Waals surface area contributed by atoms with Crippen molar-refractivity contribution >= 4 is 88.4 Å². The molecule has 0 amide bonds. The molecule has 0 aliphatic carbocycles. The fraction of sp³-hybridized carbons (Fsp3) is 0.207. The molecule has 8 heterocycles. The normalized spacial score (nSPS) is 14.6. The van der Waals surface area contributed by atoms with Gasteiger partial charge in [-0.2, -0.15) is 0 Å². The lowest BCUT2D eigenvalue weighted by atomic mass is 9.86. The minimum Gasteiger partial charge on any atom is -0.478 e. The Labute approximate surface area is 425 Å². The first-order valence-electron chi connectivity index (χ1n) is 24.4. The van der Waals surface area contributed by atoms with Gasteiger partial charge in [0, 0.05) is 70.6 Å². The summed E-state index contributed by atoms with van der Waals surface area (Å²) in [6.45, 7) is 4.10. The predicted octanol–water partition coefficient (Wildman–Crippen LogP) is 11.6. The molecule has 0 atom stereocenters. The summed E-state index contributed by atoms with van der Waals surface area (Å²) >= 11 is 2.92. The lowest BCUT2D eigenvalue weighted by Crippen LogP contribution is -2.34. The van der Waals surface area contributed by atoms with Gasteiger partial charge in [-0.1, -0.05) is 60.7 Å². The molecule has 4 aliphatic rings. The average molecular weight is 1010 g/mol. The maximum absolute atomic E-state index is 13.8. The summed E-state index contributed by atoms with van der Waals surface area (Å²) in [4.78, 5) is 52.8. The Kier molecular flexibility index (Phi) is 11.5. The van der Waals surface area contributed by atoms with Crippen LogP contribution >= 0.6 is 22.7 Å². The predicted molar refractivity (Wildman–Crippen MR) is 288 cm³/mol. The number of fused-ring (bicyclic) bond motifs is 6. The molecule has 4 aliphatic heterocycles. The number of rotatable bonds is 6. The second-order valence-electron chi connectivity index (χ2n) is 18.9.